The van der Waals surface area contributed by atoms with Crippen LogP contribution >= 0.6 is 0 Å². The number of aryl methyl sites for hydroxylation is 1. The summed E-state index contributed by atoms with van der Waals surface area (Å²) in [6.07, 6.45) is 3.94. The molecule has 82 valence electrons. The number of nitrogens with two attached hydrogens (primary N) is 1. The van der Waals surface area contributed by atoms with E-state index in [4.69, 9.17) is 10.5 Å². The zero-order valence-corrected chi connectivity index (χ0v) is 9.05. The number of hydrogen-bond donors (Lipinski definition) is 1. The predicted octanol–water partition coefficient (Wildman–Crippen LogP) is 2.41. The lowest BCUT2D eigenvalue weighted by Crippen LogP contribution is -1.95. The van der Waals surface area contributed by atoms with E-state index in [0.717, 1.165) is 12.2 Å². The number of aromatic nitrogens is 2. The van der Waals surface area contributed by atoms with Crippen molar-refractivity contribution < 1.29 is 4.74 Å². The summed E-state index contributed by atoms with van der Waals surface area (Å²) in [5, 5.41) is 0. The van der Waals surface area contributed by atoms with Crippen LogP contribution in [-0.2, 0) is 6.42 Å². The third-order valence-corrected chi connectivity index (χ3v) is 2.25. The van der Waals surface area contributed by atoms with E-state index in [0.29, 0.717) is 11.6 Å². The Labute approximate surface area is 94.1 Å². The summed E-state index contributed by atoms with van der Waals surface area (Å²) in [7, 11) is 0. The highest BCUT2D eigenvalue weighted by Crippen LogP contribution is 2.23. The fourth-order valence-electron chi connectivity index (χ4n) is 1.32. The SMILES string of the molecule is CCc1ccc(Oc2ncncc2N)cc1. The highest BCUT2D eigenvalue weighted by molar-refractivity contribution is 5.47. The van der Waals surface area contributed by atoms with Gasteiger partial charge in [0.15, 0.2) is 0 Å². The Hall–Kier alpha value is -2.10. The number of nitrogens with zero attached hydrogens (tertiary/aromatic N) is 2. The largest absolute Gasteiger partial charge is 0.437 e. The van der Waals surface area contributed by atoms with Gasteiger partial charge in [0.25, 0.3) is 0 Å². The minimum Gasteiger partial charge on any atom is -0.437 e. The van der Waals surface area contributed by atoms with E-state index >= 15 is 0 Å². The minimum atomic E-state index is 0.388. The second-order valence-corrected chi connectivity index (χ2v) is 3.38. The lowest BCUT2D eigenvalue weighted by Gasteiger charge is -2.06. The quantitative estimate of drug-likeness (QED) is 0.854. The van der Waals surface area contributed by atoms with Crippen LogP contribution in [0.15, 0.2) is 36.8 Å². The van der Waals surface area contributed by atoms with Crippen molar-refractivity contribution in [2.24, 2.45) is 0 Å². The van der Waals surface area contributed by atoms with Gasteiger partial charge >= 0.3 is 0 Å². The second kappa shape index (κ2) is 4.61. The van der Waals surface area contributed by atoms with Crippen LogP contribution < -0.4 is 10.5 Å². The molecule has 16 heavy (non-hydrogen) atoms. The van der Waals surface area contributed by atoms with Crippen molar-refractivity contribution in [1.29, 1.82) is 0 Å². The molecule has 0 fully saturated rings. The summed E-state index contributed by atoms with van der Waals surface area (Å²) in [4.78, 5) is 7.76. The van der Waals surface area contributed by atoms with E-state index in [9.17, 15) is 0 Å². The van der Waals surface area contributed by atoms with Gasteiger partial charge in [-0.1, -0.05) is 19.1 Å². The van der Waals surface area contributed by atoms with Crippen LogP contribution in [0.1, 0.15) is 12.5 Å². The number of ether oxygens (including phenoxy) is 1. The van der Waals surface area contributed by atoms with Gasteiger partial charge in [0.1, 0.15) is 17.8 Å². The standard InChI is InChI=1S/C12H13N3O/c1-2-9-3-5-10(6-4-9)16-12-11(13)7-14-8-15-12/h3-8H,2,13H2,1H3. The molecule has 2 rings (SSSR count). The van der Waals surface area contributed by atoms with E-state index in [1.54, 1.807) is 0 Å². The molecule has 1 aromatic carbocycles. The van der Waals surface area contributed by atoms with Crippen LogP contribution in [-0.4, -0.2) is 9.97 Å². The Bertz CT molecular complexity index is 468. The van der Waals surface area contributed by atoms with Crippen molar-refractivity contribution in [3.05, 3.63) is 42.4 Å². The maximum absolute atomic E-state index is 5.67. The Morgan fingerprint density at radius 3 is 2.62 bits per heavy atom. The van der Waals surface area contributed by atoms with Gasteiger partial charge in [-0.05, 0) is 24.1 Å². The molecule has 0 aliphatic heterocycles. The molecule has 0 spiro atoms. The van der Waals surface area contributed by atoms with Crippen LogP contribution in [0.3, 0.4) is 0 Å². The molecule has 4 nitrogen and oxygen atoms in total. The molecule has 4 heteroatoms. The molecule has 0 bridgehead atoms. The maximum Gasteiger partial charge on any atom is 0.245 e. The fourth-order valence-corrected chi connectivity index (χ4v) is 1.32. The van der Waals surface area contributed by atoms with Crippen molar-refractivity contribution in [2.45, 2.75) is 13.3 Å². The highest BCUT2D eigenvalue weighted by Gasteiger charge is 2.02. The molecule has 0 atom stereocenters. The summed E-state index contributed by atoms with van der Waals surface area (Å²) >= 11 is 0. The van der Waals surface area contributed by atoms with Crippen LogP contribution in [0.25, 0.3) is 0 Å². The van der Waals surface area contributed by atoms with Crippen molar-refractivity contribution >= 4 is 5.69 Å². The van der Waals surface area contributed by atoms with Gasteiger partial charge in [0.05, 0.1) is 6.20 Å². The molecule has 0 saturated carbocycles. The first-order valence-electron chi connectivity index (χ1n) is 5.12. The summed E-state index contributed by atoms with van der Waals surface area (Å²) < 4.78 is 5.53. The second-order valence-electron chi connectivity index (χ2n) is 3.38. The fraction of sp³-hybridized carbons (Fsp3) is 0.167. The molecular formula is C12H13N3O. The van der Waals surface area contributed by atoms with Crippen LogP contribution in [0.2, 0.25) is 0 Å². The molecule has 0 radical (unpaired) electrons. The first-order valence-corrected chi connectivity index (χ1v) is 5.12. The molecule has 1 aromatic heterocycles. The molecule has 0 saturated heterocycles. The van der Waals surface area contributed by atoms with Gasteiger partial charge in [-0.25, -0.2) is 4.98 Å². The highest BCUT2D eigenvalue weighted by atomic mass is 16.5. The average Bonchev–Trinajstić information content (AvgIpc) is 2.33. The normalized spacial score (nSPS) is 10.1. The smallest absolute Gasteiger partial charge is 0.245 e. The van der Waals surface area contributed by atoms with E-state index in [1.807, 2.05) is 24.3 Å². The molecule has 0 unspecified atom stereocenters. The van der Waals surface area contributed by atoms with Gasteiger partial charge in [0.2, 0.25) is 5.88 Å². The minimum absolute atomic E-state index is 0.388. The third-order valence-electron chi connectivity index (χ3n) is 2.25. The number of benzene rings is 1. The van der Waals surface area contributed by atoms with Gasteiger partial charge in [-0.15, -0.1) is 0 Å². The zero-order valence-electron chi connectivity index (χ0n) is 9.05. The number of rotatable bonds is 3. The van der Waals surface area contributed by atoms with Gasteiger partial charge in [0, 0.05) is 0 Å². The molecule has 0 aliphatic rings. The van der Waals surface area contributed by atoms with E-state index in [1.165, 1.54) is 18.1 Å². The van der Waals surface area contributed by atoms with Crippen molar-refractivity contribution in [1.82, 2.24) is 9.97 Å². The first kappa shape index (κ1) is 10.4. The number of nitrogen functional groups attached to an aromatic ring is 1. The Morgan fingerprint density at radius 1 is 1.25 bits per heavy atom. The topological polar surface area (TPSA) is 61.0 Å². The molecule has 2 N–H and O–H groups in total. The van der Waals surface area contributed by atoms with Crippen LogP contribution in [0.4, 0.5) is 5.69 Å². The molecule has 2 aromatic rings. The lowest BCUT2D eigenvalue weighted by molar-refractivity contribution is 0.464. The van der Waals surface area contributed by atoms with Gasteiger partial charge in [-0.3, -0.25) is 0 Å². The van der Waals surface area contributed by atoms with Crippen molar-refractivity contribution in [2.75, 3.05) is 5.73 Å². The Kier molecular flexibility index (Phi) is 3.00. The molecule has 0 amide bonds. The van der Waals surface area contributed by atoms with E-state index < -0.39 is 0 Å². The van der Waals surface area contributed by atoms with Crippen molar-refractivity contribution in [3.63, 3.8) is 0 Å². The Morgan fingerprint density at radius 2 is 2.00 bits per heavy atom. The lowest BCUT2D eigenvalue weighted by atomic mass is 10.2. The molecular weight excluding hydrogens is 202 g/mol. The third kappa shape index (κ3) is 2.28. The molecule has 0 aliphatic carbocycles. The first-order chi connectivity index (χ1) is 7.79. The Balaban J connectivity index is 2.18. The molecule has 1 heterocycles. The number of hydrogen-bond acceptors (Lipinski definition) is 4. The summed E-state index contributed by atoms with van der Waals surface area (Å²) in [5.41, 5.74) is 7.37. The van der Waals surface area contributed by atoms with Crippen molar-refractivity contribution in [3.8, 4) is 11.6 Å². The van der Waals surface area contributed by atoms with E-state index in [2.05, 4.69) is 16.9 Å². The number of anilines is 1. The zero-order chi connectivity index (χ0) is 11.4. The summed E-state index contributed by atoms with van der Waals surface area (Å²) in [5.74, 6) is 1.11. The van der Waals surface area contributed by atoms with Crippen LogP contribution in [0.5, 0.6) is 11.6 Å². The predicted molar refractivity (Wildman–Crippen MR) is 62.3 cm³/mol. The average molecular weight is 215 g/mol. The summed E-state index contributed by atoms with van der Waals surface area (Å²) in [6.45, 7) is 2.11. The van der Waals surface area contributed by atoms with Crippen LogP contribution in [0, 0.1) is 0 Å². The maximum atomic E-state index is 5.67. The summed E-state index contributed by atoms with van der Waals surface area (Å²) in [6, 6.07) is 7.85. The van der Waals surface area contributed by atoms with E-state index in [-0.39, 0.29) is 0 Å². The monoisotopic (exact) mass is 215 g/mol. The van der Waals surface area contributed by atoms with Gasteiger partial charge in [-0.2, -0.15) is 4.98 Å². The van der Waals surface area contributed by atoms with Gasteiger partial charge < -0.3 is 10.5 Å².